The number of rotatable bonds is 1. The molecule has 1 fully saturated rings. The fourth-order valence-electron chi connectivity index (χ4n) is 1.46. The van der Waals surface area contributed by atoms with Crippen LogP contribution in [0.15, 0.2) is 0 Å². The highest BCUT2D eigenvalue weighted by Crippen LogP contribution is 2.25. The van der Waals surface area contributed by atoms with Gasteiger partial charge in [-0.2, -0.15) is 4.94 Å². The molecule has 0 saturated heterocycles. The third-order valence-corrected chi connectivity index (χ3v) is 2.01. The van der Waals surface area contributed by atoms with Crippen LogP contribution in [0.4, 0.5) is 4.53 Å². The molecule has 2 atom stereocenters. The lowest BCUT2D eigenvalue weighted by Gasteiger charge is -2.22. The third kappa shape index (κ3) is 5.53. The maximum atomic E-state index is 11.6. The average molecular weight is 176 g/mol. The van der Waals surface area contributed by atoms with E-state index in [0.717, 1.165) is 19.3 Å². The lowest BCUT2D eigenvalue weighted by Crippen LogP contribution is -2.18. The molecule has 0 bridgehead atoms. The van der Waals surface area contributed by atoms with Gasteiger partial charge in [0.25, 0.3) is 0 Å². The van der Waals surface area contributed by atoms with Crippen LogP contribution < -0.4 is 0 Å². The van der Waals surface area contributed by atoms with Crippen molar-refractivity contribution in [3.05, 3.63) is 0 Å². The summed E-state index contributed by atoms with van der Waals surface area (Å²) in [6, 6.07) is 0. The van der Waals surface area contributed by atoms with Crippen molar-refractivity contribution in [2.75, 3.05) is 0 Å². The van der Waals surface area contributed by atoms with Gasteiger partial charge in [-0.15, -0.1) is 0 Å². The summed E-state index contributed by atoms with van der Waals surface area (Å²) in [7, 11) is 0. The van der Waals surface area contributed by atoms with Crippen LogP contribution >= 0.6 is 0 Å². The van der Waals surface area contributed by atoms with E-state index >= 15 is 0 Å². The average Bonchev–Trinajstić information content (AvgIpc) is 2.06. The molecule has 0 aliphatic heterocycles. The molecule has 0 spiro atoms. The predicted molar refractivity (Wildman–Crippen MR) is 49.6 cm³/mol. The van der Waals surface area contributed by atoms with Crippen LogP contribution in [0.25, 0.3) is 0 Å². The van der Waals surface area contributed by atoms with E-state index in [1.165, 1.54) is 12.8 Å². The van der Waals surface area contributed by atoms with E-state index < -0.39 is 0 Å². The number of halogens is 1. The van der Waals surface area contributed by atoms with E-state index in [0.29, 0.717) is 5.92 Å². The Morgan fingerprint density at radius 2 is 1.92 bits per heavy atom. The minimum Gasteiger partial charge on any atom is -0.191 e. The van der Waals surface area contributed by atoms with Crippen LogP contribution in [0.5, 0.6) is 0 Å². The van der Waals surface area contributed by atoms with Crippen molar-refractivity contribution in [3.8, 4) is 0 Å². The summed E-state index contributed by atoms with van der Waals surface area (Å²) in [4.78, 5) is 3.76. The topological polar surface area (TPSA) is 9.23 Å². The van der Waals surface area contributed by atoms with Gasteiger partial charge in [0.2, 0.25) is 0 Å². The zero-order valence-corrected chi connectivity index (χ0v) is 8.48. The highest BCUT2D eigenvalue weighted by Gasteiger charge is 2.19. The van der Waals surface area contributed by atoms with Gasteiger partial charge in [0.1, 0.15) is 0 Å². The van der Waals surface area contributed by atoms with Crippen LogP contribution in [0.1, 0.15) is 52.9 Å². The molecule has 0 radical (unpaired) electrons. The lowest BCUT2D eigenvalue weighted by atomic mass is 9.89. The quantitative estimate of drug-likeness (QED) is 0.589. The first-order chi connectivity index (χ1) is 5.74. The van der Waals surface area contributed by atoms with Gasteiger partial charge in [0.15, 0.2) is 0 Å². The molecule has 0 amide bonds. The zero-order chi connectivity index (χ0) is 9.40. The molecule has 0 aromatic rings. The zero-order valence-electron chi connectivity index (χ0n) is 8.48. The van der Waals surface area contributed by atoms with Gasteiger partial charge in [-0.25, -0.2) is 0 Å². The van der Waals surface area contributed by atoms with Gasteiger partial charge < -0.3 is 0 Å². The first-order valence-corrected chi connectivity index (χ1v) is 5.01. The Bertz CT molecular complexity index is 95.8. The lowest BCUT2D eigenvalue weighted by molar-refractivity contribution is -0.191. The molecule has 1 nitrogen and oxygen atoms in total. The molecular formula is C10H21FO. The van der Waals surface area contributed by atoms with E-state index in [1.807, 2.05) is 0 Å². The van der Waals surface area contributed by atoms with E-state index in [2.05, 4.69) is 25.7 Å². The van der Waals surface area contributed by atoms with Crippen LogP contribution in [0, 0.1) is 5.92 Å². The van der Waals surface area contributed by atoms with E-state index in [1.54, 1.807) is 0 Å². The molecule has 0 aromatic heterocycles. The summed E-state index contributed by atoms with van der Waals surface area (Å²) < 4.78 is 11.6. The highest BCUT2D eigenvalue weighted by molar-refractivity contribution is 4.68. The smallest absolute Gasteiger partial charge is 0.0986 e. The van der Waals surface area contributed by atoms with Gasteiger partial charge >= 0.3 is 0 Å². The molecular weight excluding hydrogens is 155 g/mol. The fraction of sp³-hybridized carbons (Fsp3) is 1.00. The van der Waals surface area contributed by atoms with Crippen molar-refractivity contribution < 1.29 is 9.47 Å². The van der Waals surface area contributed by atoms with Gasteiger partial charge in [-0.1, -0.05) is 40.0 Å². The summed E-state index contributed by atoms with van der Waals surface area (Å²) in [5, 5.41) is 0. The minimum atomic E-state index is -0.103. The predicted octanol–water partition coefficient (Wildman–Crippen LogP) is 3.88. The standard InChI is InChI=1S/C7H13FO.C3H8/c1-6-3-2-4-7(5-6)9-8;1-3-2/h6-7H,2-5H2,1H3;3H2,1-2H3. The largest absolute Gasteiger partial charge is 0.191 e. The van der Waals surface area contributed by atoms with Crippen molar-refractivity contribution in [1.29, 1.82) is 0 Å². The second-order valence-corrected chi connectivity index (χ2v) is 3.69. The maximum absolute atomic E-state index is 11.6. The molecule has 0 N–H and O–H groups in total. The van der Waals surface area contributed by atoms with Crippen molar-refractivity contribution in [2.24, 2.45) is 5.92 Å². The molecule has 0 heterocycles. The van der Waals surface area contributed by atoms with Gasteiger partial charge in [0.05, 0.1) is 6.10 Å². The molecule has 1 rings (SSSR count). The van der Waals surface area contributed by atoms with Gasteiger partial charge in [0, 0.05) is 0 Å². The first kappa shape index (κ1) is 11.9. The van der Waals surface area contributed by atoms with Crippen LogP contribution in [0.2, 0.25) is 0 Å². The number of hydrogen-bond donors (Lipinski definition) is 0. The second kappa shape index (κ2) is 7.53. The summed E-state index contributed by atoms with van der Waals surface area (Å²) in [6.45, 7) is 6.39. The third-order valence-electron chi connectivity index (χ3n) is 2.01. The van der Waals surface area contributed by atoms with E-state index in [-0.39, 0.29) is 6.10 Å². The Balaban J connectivity index is 0.000000354. The molecule has 0 aromatic carbocycles. The summed E-state index contributed by atoms with van der Waals surface area (Å²) in [5.41, 5.74) is 0. The Labute approximate surface area is 75.2 Å². The summed E-state index contributed by atoms with van der Waals surface area (Å²) >= 11 is 0. The fourth-order valence-corrected chi connectivity index (χ4v) is 1.46. The Kier molecular flexibility index (Phi) is 7.47. The molecule has 2 unspecified atom stereocenters. The van der Waals surface area contributed by atoms with Crippen molar-refractivity contribution >= 4 is 0 Å². The van der Waals surface area contributed by atoms with Gasteiger partial charge in [-0.3, -0.25) is 0 Å². The summed E-state index contributed by atoms with van der Waals surface area (Å²) in [5.74, 6) is 0.652. The first-order valence-electron chi connectivity index (χ1n) is 5.01. The minimum absolute atomic E-state index is 0.103. The second-order valence-electron chi connectivity index (χ2n) is 3.69. The maximum Gasteiger partial charge on any atom is 0.0986 e. The molecule has 1 saturated carbocycles. The Hall–Kier alpha value is -0.110. The molecule has 1 aliphatic carbocycles. The van der Waals surface area contributed by atoms with Crippen LogP contribution in [-0.2, 0) is 4.94 Å². The van der Waals surface area contributed by atoms with Crippen molar-refractivity contribution in [1.82, 2.24) is 0 Å². The summed E-state index contributed by atoms with van der Waals surface area (Å²) in [6.07, 6.45) is 5.31. The van der Waals surface area contributed by atoms with Crippen molar-refractivity contribution in [3.63, 3.8) is 0 Å². The molecule has 12 heavy (non-hydrogen) atoms. The molecule has 2 heteroatoms. The highest BCUT2D eigenvalue weighted by atomic mass is 19.3. The van der Waals surface area contributed by atoms with E-state index in [9.17, 15) is 4.53 Å². The molecule has 74 valence electrons. The van der Waals surface area contributed by atoms with Crippen LogP contribution in [0.3, 0.4) is 0 Å². The number of hydrogen-bond acceptors (Lipinski definition) is 1. The SMILES string of the molecule is CC1CCCC(OF)C1.CCC. The monoisotopic (exact) mass is 176 g/mol. The molecule has 1 aliphatic rings. The Morgan fingerprint density at radius 3 is 2.25 bits per heavy atom. The van der Waals surface area contributed by atoms with E-state index in [4.69, 9.17) is 0 Å². The Morgan fingerprint density at radius 1 is 1.33 bits per heavy atom. The van der Waals surface area contributed by atoms with Gasteiger partial charge in [-0.05, 0) is 23.3 Å². The normalized spacial score (nSPS) is 29.0. The van der Waals surface area contributed by atoms with Crippen LogP contribution in [-0.4, -0.2) is 6.10 Å². The van der Waals surface area contributed by atoms with Crippen molar-refractivity contribution in [2.45, 2.75) is 59.0 Å².